The Morgan fingerprint density at radius 2 is 1.74 bits per heavy atom. The van der Waals surface area contributed by atoms with Crippen molar-refractivity contribution in [2.24, 2.45) is 0 Å². The van der Waals surface area contributed by atoms with E-state index in [-0.39, 0.29) is 5.57 Å². The van der Waals surface area contributed by atoms with E-state index >= 15 is 0 Å². The smallest absolute Gasteiger partial charge is 0.186 e. The molecule has 0 aromatic heterocycles. The molecule has 0 aromatic carbocycles. The third-order valence-corrected chi connectivity index (χ3v) is 4.47. The van der Waals surface area contributed by atoms with Crippen LogP contribution in [-0.4, -0.2) is 99.4 Å². The van der Waals surface area contributed by atoms with Crippen LogP contribution >= 0.6 is 0 Å². The summed E-state index contributed by atoms with van der Waals surface area (Å²) in [5.41, 5.74) is 0.162. The van der Waals surface area contributed by atoms with Gasteiger partial charge >= 0.3 is 0 Å². The number of rotatable bonds is 4. The molecule has 9 heteroatoms. The number of ether oxygens (including phenoxy) is 2. The Morgan fingerprint density at radius 3 is 2.30 bits per heavy atom. The van der Waals surface area contributed by atoms with Crippen LogP contribution in [0.4, 0.5) is 0 Å². The summed E-state index contributed by atoms with van der Waals surface area (Å²) in [6.45, 7) is 1.19. The third kappa shape index (κ3) is 3.58. The Hall–Kier alpha value is -0.620. The Morgan fingerprint density at radius 1 is 1.09 bits per heavy atom. The van der Waals surface area contributed by atoms with Gasteiger partial charge in [0, 0.05) is 7.11 Å². The molecule has 2 aliphatic rings. The second-order valence-corrected chi connectivity index (χ2v) is 5.97. The van der Waals surface area contributed by atoms with Gasteiger partial charge in [0.2, 0.25) is 0 Å². The summed E-state index contributed by atoms with van der Waals surface area (Å²) >= 11 is 0. The molecule has 1 saturated heterocycles. The Kier molecular flexibility index (Phi) is 6.11. The van der Waals surface area contributed by atoms with E-state index in [2.05, 4.69) is 5.32 Å². The maximum Gasteiger partial charge on any atom is 0.186 e. The van der Waals surface area contributed by atoms with Crippen molar-refractivity contribution in [2.45, 2.75) is 61.9 Å². The summed E-state index contributed by atoms with van der Waals surface area (Å²) in [6, 6.07) is -1.60. The van der Waals surface area contributed by atoms with Crippen LogP contribution in [0.5, 0.6) is 0 Å². The topological polar surface area (TPSA) is 152 Å². The van der Waals surface area contributed by atoms with Gasteiger partial charge in [-0.25, -0.2) is 0 Å². The van der Waals surface area contributed by atoms with Crippen molar-refractivity contribution in [3.63, 3.8) is 0 Å². The van der Waals surface area contributed by atoms with E-state index in [0.29, 0.717) is 0 Å². The predicted molar refractivity (Wildman–Crippen MR) is 77.3 cm³/mol. The molecule has 2 rings (SSSR count). The van der Waals surface area contributed by atoms with E-state index in [9.17, 15) is 30.6 Å². The number of hydrogen-bond donors (Lipinski definition) is 7. The van der Waals surface area contributed by atoms with Gasteiger partial charge in [0.25, 0.3) is 0 Å². The fourth-order valence-corrected chi connectivity index (χ4v) is 3.02. The van der Waals surface area contributed by atoms with E-state index in [0.717, 1.165) is 0 Å². The Labute approximate surface area is 133 Å². The predicted octanol–water partition coefficient (Wildman–Crippen LogP) is -3.56. The minimum Gasteiger partial charge on any atom is -0.392 e. The molecule has 1 fully saturated rings. The number of nitrogens with one attached hydrogen (secondary N) is 1. The van der Waals surface area contributed by atoms with E-state index in [1.54, 1.807) is 6.92 Å². The summed E-state index contributed by atoms with van der Waals surface area (Å²) in [7, 11) is 1.35. The van der Waals surface area contributed by atoms with Crippen molar-refractivity contribution in [1.29, 1.82) is 0 Å². The highest BCUT2D eigenvalue weighted by Crippen LogP contribution is 2.25. The quantitative estimate of drug-likeness (QED) is 0.259. The first kappa shape index (κ1) is 18.7. The molecule has 0 unspecified atom stereocenters. The molecule has 23 heavy (non-hydrogen) atoms. The molecule has 134 valence electrons. The standard InChI is InChI=1S/C14H25NO8/c1-5-8(11(19)13(21)14(22-2)23-5)15-7-3-6(4-16)9(17)12(20)10(7)18/h3,5,7-21H,4H2,1-2H3/t5-,7+,8-,9-,10+,11+,12+,13-,14+/m1/s1. The summed E-state index contributed by atoms with van der Waals surface area (Å²) in [5.74, 6) is 0. The van der Waals surface area contributed by atoms with Crippen molar-refractivity contribution in [3.05, 3.63) is 11.6 Å². The normalized spacial score (nSPS) is 48.2. The van der Waals surface area contributed by atoms with Gasteiger partial charge < -0.3 is 45.4 Å². The lowest BCUT2D eigenvalue weighted by atomic mass is 9.86. The molecular weight excluding hydrogens is 310 g/mol. The lowest BCUT2D eigenvalue weighted by Crippen LogP contribution is -2.66. The summed E-state index contributed by atoms with van der Waals surface area (Å²) in [5, 5.41) is 62.0. The molecule has 0 radical (unpaired) electrons. The first-order valence-corrected chi connectivity index (χ1v) is 7.47. The minimum atomic E-state index is -1.48. The molecule has 1 heterocycles. The molecule has 9 nitrogen and oxygen atoms in total. The van der Waals surface area contributed by atoms with Crippen molar-refractivity contribution >= 4 is 0 Å². The van der Waals surface area contributed by atoms with E-state index in [4.69, 9.17) is 9.47 Å². The number of aliphatic hydroxyl groups excluding tert-OH is 6. The zero-order chi connectivity index (χ0) is 17.3. The largest absolute Gasteiger partial charge is 0.392 e. The highest BCUT2D eigenvalue weighted by atomic mass is 16.7. The summed E-state index contributed by atoms with van der Waals surface area (Å²) in [6.07, 6.45) is -6.83. The average molecular weight is 335 g/mol. The van der Waals surface area contributed by atoms with Crippen LogP contribution in [0.2, 0.25) is 0 Å². The van der Waals surface area contributed by atoms with Crippen LogP contribution in [-0.2, 0) is 9.47 Å². The van der Waals surface area contributed by atoms with Gasteiger partial charge in [-0.05, 0) is 12.5 Å². The van der Waals surface area contributed by atoms with Gasteiger partial charge in [-0.2, -0.15) is 0 Å². The molecule has 0 saturated carbocycles. The molecule has 1 aliphatic heterocycles. The first-order valence-electron chi connectivity index (χ1n) is 7.47. The number of methoxy groups -OCH3 is 1. The molecule has 9 atom stereocenters. The highest BCUT2D eigenvalue weighted by molar-refractivity contribution is 5.22. The van der Waals surface area contributed by atoms with Crippen LogP contribution in [0.1, 0.15) is 6.92 Å². The van der Waals surface area contributed by atoms with E-state index in [1.807, 2.05) is 0 Å². The zero-order valence-corrected chi connectivity index (χ0v) is 13.0. The van der Waals surface area contributed by atoms with Gasteiger partial charge in [0.15, 0.2) is 6.29 Å². The molecule has 0 spiro atoms. The maximum absolute atomic E-state index is 10.2. The number of aliphatic hydroxyl groups is 6. The number of hydrogen-bond acceptors (Lipinski definition) is 9. The van der Waals surface area contributed by atoms with Crippen LogP contribution < -0.4 is 5.32 Å². The minimum absolute atomic E-state index is 0.162. The van der Waals surface area contributed by atoms with Crippen molar-refractivity contribution in [2.75, 3.05) is 13.7 Å². The second kappa shape index (κ2) is 7.51. The lowest BCUT2D eigenvalue weighted by Gasteiger charge is -2.44. The SMILES string of the molecule is CO[C@H]1O[C@H](C)[C@@H](N[C@H]2C=C(CO)[C@@H](O)[C@H](O)[C@H]2O)[C@H](O)[C@H]1O. The average Bonchev–Trinajstić information content (AvgIpc) is 2.54. The van der Waals surface area contributed by atoms with Crippen molar-refractivity contribution in [3.8, 4) is 0 Å². The van der Waals surface area contributed by atoms with E-state index in [1.165, 1.54) is 13.2 Å². The molecule has 7 N–H and O–H groups in total. The van der Waals surface area contributed by atoms with Crippen LogP contribution in [0.3, 0.4) is 0 Å². The third-order valence-electron chi connectivity index (χ3n) is 4.47. The second-order valence-electron chi connectivity index (χ2n) is 5.97. The highest BCUT2D eigenvalue weighted by Gasteiger charge is 2.45. The molecule has 0 aromatic rings. The molecule has 0 bridgehead atoms. The van der Waals surface area contributed by atoms with Crippen LogP contribution in [0, 0.1) is 0 Å². The Balaban J connectivity index is 2.15. The van der Waals surface area contributed by atoms with Gasteiger partial charge in [-0.3, -0.25) is 0 Å². The molecule has 1 aliphatic carbocycles. The molecular formula is C14H25NO8. The van der Waals surface area contributed by atoms with Crippen LogP contribution in [0.15, 0.2) is 11.6 Å². The van der Waals surface area contributed by atoms with E-state index < -0.39 is 61.6 Å². The summed E-state index contributed by atoms with van der Waals surface area (Å²) in [4.78, 5) is 0. The Bertz CT molecular complexity index is 433. The fraction of sp³-hybridized carbons (Fsp3) is 0.857. The van der Waals surface area contributed by atoms with Gasteiger partial charge in [-0.15, -0.1) is 0 Å². The van der Waals surface area contributed by atoms with Crippen LogP contribution in [0.25, 0.3) is 0 Å². The summed E-state index contributed by atoms with van der Waals surface area (Å²) < 4.78 is 10.4. The van der Waals surface area contributed by atoms with Gasteiger partial charge in [0.1, 0.15) is 30.5 Å². The fourth-order valence-electron chi connectivity index (χ4n) is 3.02. The first-order chi connectivity index (χ1) is 10.8. The van der Waals surface area contributed by atoms with Gasteiger partial charge in [-0.1, -0.05) is 6.08 Å². The maximum atomic E-state index is 10.2. The lowest BCUT2D eigenvalue weighted by molar-refractivity contribution is -0.265. The van der Waals surface area contributed by atoms with Crippen molar-refractivity contribution in [1.82, 2.24) is 5.32 Å². The van der Waals surface area contributed by atoms with Crippen molar-refractivity contribution < 1.29 is 40.1 Å². The zero-order valence-electron chi connectivity index (χ0n) is 13.0. The van der Waals surface area contributed by atoms with Gasteiger partial charge in [0.05, 0.1) is 24.8 Å². The molecule has 0 amide bonds. The monoisotopic (exact) mass is 335 g/mol.